The maximum absolute atomic E-state index is 13.0. The fraction of sp³-hybridized carbons (Fsp3) is 0.174. The summed E-state index contributed by atoms with van der Waals surface area (Å²) in [6.07, 6.45) is 6.55. The Hall–Kier alpha value is -3.96. The van der Waals surface area contributed by atoms with Gasteiger partial charge in [-0.3, -0.25) is 14.9 Å². The number of anilines is 1. The number of barbiturate groups is 1. The van der Waals surface area contributed by atoms with Crippen LogP contribution in [-0.2, 0) is 9.59 Å². The van der Waals surface area contributed by atoms with Gasteiger partial charge in [0.1, 0.15) is 17.9 Å². The van der Waals surface area contributed by atoms with Gasteiger partial charge >= 0.3 is 6.03 Å². The number of halogens is 1. The Morgan fingerprint density at radius 2 is 1.88 bits per heavy atom. The van der Waals surface area contributed by atoms with Crippen LogP contribution in [-0.4, -0.2) is 38.2 Å². The highest BCUT2D eigenvalue weighted by Crippen LogP contribution is 2.37. The zero-order valence-electron chi connectivity index (χ0n) is 17.3. The van der Waals surface area contributed by atoms with Crippen LogP contribution in [0.2, 0.25) is 5.02 Å². The van der Waals surface area contributed by atoms with Gasteiger partial charge in [-0.2, -0.15) is 0 Å². The second-order valence-electron chi connectivity index (χ2n) is 6.41. The van der Waals surface area contributed by atoms with Crippen molar-refractivity contribution in [3.8, 4) is 29.6 Å². The van der Waals surface area contributed by atoms with Gasteiger partial charge in [0, 0.05) is 0 Å². The van der Waals surface area contributed by atoms with Crippen molar-refractivity contribution in [2.45, 2.75) is 6.92 Å². The SMILES string of the molecule is C#CCOc1c(Cl)cc(/C=C2\C(=O)NC(=O)N(c3ccc(OC)cc3)C2=O)cc1OCC. The van der Waals surface area contributed by atoms with Gasteiger partial charge in [0.05, 0.1) is 24.4 Å². The second-order valence-corrected chi connectivity index (χ2v) is 6.82. The predicted octanol–water partition coefficient (Wildman–Crippen LogP) is 3.43. The number of nitrogens with one attached hydrogen (secondary N) is 1. The van der Waals surface area contributed by atoms with E-state index in [1.807, 2.05) is 0 Å². The molecule has 0 bridgehead atoms. The summed E-state index contributed by atoms with van der Waals surface area (Å²) < 4.78 is 16.1. The van der Waals surface area contributed by atoms with Crippen LogP contribution in [0, 0.1) is 12.3 Å². The number of terminal acetylenes is 1. The Morgan fingerprint density at radius 1 is 1.16 bits per heavy atom. The number of benzene rings is 2. The highest BCUT2D eigenvalue weighted by molar-refractivity contribution is 6.39. The summed E-state index contributed by atoms with van der Waals surface area (Å²) in [6, 6.07) is 8.46. The molecule has 4 amide bonds. The highest BCUT2D eigenvalue weighted by Gasteiger charge is 2.36. The number of rotatable bonds is 7. The smallest absolute Gasteiger partial charge is 0.335 e. The Kier molecular flexibility index (Phi) is 7.03. The van der Waals surface area contributed by atoms with Crippen LogP contribution in [0.3, 0.4) is 0 Å². The predicted molar refractivity (Wildman–Crippen MR) is 119 cm³/mol. The molecule has 1 aliphatic rings. The van der Waals surface area contributed by atoms with Crippen LogP contribution >= 0.6 is 11.6 Å². The van der Waals surface area contributed by atoms with Crippen LogP contribution < -0.4 is 24.4 Å². The van der Waals surface area contributed by atoms with E-state index in [1.54, 1.807) is 25.1 Å². The number of carbonyl (C=O) groups excluding carboxylic acids is 3. The Morgan fingerprint density at radius 3 is 2.50 bits per heavy atom. The second kappa shape index (κ2) is 9.90. The Balaban J connectivity index is 2.00. The summed E-state index contributed by atoms with van der Waals surface area (Å²) in [4.78, 5) is 38.7. The number of carbonyl (C=O) groups is 3. The fourth-order valence-electron chi connectivity index (χ4n) is 2.98. The molecule has 9 heteroatoms. The van der Waals surface area contributed by atoms with Gasteiger partial charge in [-0.25, -0.2) is 9.69 Å². The summed E-state index contributed by atoms with van der Waals surface area (Å²) in [5.41, 5.74) is 0.419. The lowest BCUT2D eigenvalue weighted by atomic mass is 10.1. The van der Waals surface area contributed by atoms with Crippen molar-refractivity contribution in [1.29, 1.82) is 0 Å². The van der Waals surface area contributed by atoms with E-state index in [0.29, 0.717) is 23.7 Å². The number of hydrogen-bond acceptors (Lipinski definition) is 6. The summed E-state index contributed by atoms with van der Waals surface area (Å²) in [5, 5.41) is 2.35. The van der Waals surface area contributed by atoms with Crippen LogP contribution in [0.15, 0.2) is 42.0 Å². The number of hydrogen-bond donors (Lipinski definition) is 1. The van der Waals surface area contributed by atoms with Crippen molar-refractivity contribution in [1.82, 2.24) is 5.32 Å². The minimum Gasteiger partial charge on any atom is -0.497 e. The van der Waals surface area contributed by atoms with Crippen molar-refractivity contribution < 1.29 is 28.6 Å². The van der Waals surface area contributed by atoms with E-state index in [0.717, 1.165) is 4.90 Å². The molecule has 0 radical (unpaired) electrons. The Bertz CT molecular complexity index is 1130. The lowest BCUT2D eigenvalue weighted by Crippen LogP contribution is -2.54. The number of ether oxygens (including phenoxy) is 3. The molecule has 164 valence electrons. The number of imide groups is 2. The van der Waals surface area contributed by atoms with Gasteiger partial charge in [0.25, 0.3) is 11.8 Å². The fourth-order valence-corrected chi connectivity index (χ4v) is 3.25. The van der Waals surface area contributed by atoms with E-state index in [9.17, 15) is 14.4 Å². The summed E-state index contributed by atoms with van der Waals surface area (Å²) in [7, 11) is 1.50. The molecule has 2 aromatic carbocycles. The first-order valence-corrected chi connectivity index (χ1v) is 9.85. The van der Waals surface area contributed by atoms with Gasteiger partial charge in [0.15, 0.2) is 11.5 Å². The number of amides is 4. The van der Waals surface area contributed by atoms with Gasteiger partial charge in [-0.1, -0.05) is 17.5 Å². The van der Waals surface area contributed by atoms with Crippen LogP contribution in [0.1, 0.15) is 12.5 Å². The molecule has 0 spiro atoms. The average molecular weight is 455 g/mol. The maximum atomic E-state index is 13.0. The van der Waals surface area contributed by atoms with Gasteiger partial charge in [0.2, 0.25) is 0 Å². The van der Waals surface area contributed by atoms with Crippen molar-refractivity contribution in [2.24, 2.45) is 0 Å². The molecule has 8 nitrogen and oxygen atoms in total. The molecule has 3 rings (SSSR count). The van der Waals surface area contributed by atoms with Gasteiger partial charge in [-0.15, -0.1) is 6.42 Å². The highest BCUT2D eigenvalue weighted by atomic mass is 35.5. The monoisotopic (exact) mass is 454 g/mol. The van der Waals surface area contributed by atoms with E-state index in [4.69, 9.17) is 32.2 Å². The van der Waals surface area contributed by atoms with E-state index in [1.165, 1.54) is 31.4 Å². The first kappa shape index (κ1) is 22.7. The molecular formula is C23H19ClN2O6. The third kappa shape index (κ3) is 4.68. The normalized spacial score (nSPS) is 14.8. The Labute approximate surface area is 189 Å². The largest absolute Gasteiger partial charge is 0.497 e. The third-order valence-electron chi connectivity index (χ3n) is 4.37. The minimum atomic E-state index is -0.853. The van der Waals surface area contributed by atoms with E-state index >= 15 is 0 Å². The lowest BCUT2D eigenvalue weighted by Gasteiger charge is -2.26. The zero-order valence-corrected chi connectivity index (χ0v) is 18.1. The molecule has 1 aliphatic heterocycles. The standard InChI is InChI=1S/C23H19ClN2O6/c1-4-10-32-20-18(24)12-14(13-19(20)31-5-2)11-17-21(27)25-23(29)26(22(17)28)15-6-8-16(30-3)9-7-15/h1,6-9,11-13H,5,10H2,2-3H3,(H,25,27,29)/b17-11+. The molecule has 0 unspecified atom stereocenters. The molecule has 0 aliphatic carbocycles. The minimum absolute atomic E-state index is 0.0138. The molecule has 1 N–H and O–H groups in total. The third-order valence-corrected chi connectivity index (χ3v) is 4.66. The molecule has 2 aromatic rings. The molecule has 1 heterocycles. The van der Waals surface area contributed by atoms with Crippen molar-refractivity contribution >= 4 is 41.2 Å². The number of urea groups is 1. The molecule has 0 atom stereocenters. The molecule has 0 saturated carbocycles. The zero-order chi connectivity index (χ0) is 23.3. The van der Waals surface area contributed by atoms with E-state index < -0.39 is 17.8 Å². The van der Waals surface area contributed by atoms with Crippen LogP contribution in [0.25, 0.3) is 6.08 Å². The molecular weight excluding hydrogens is 436 g/mol. The van der Waals surface area contributed by atoms with Crippen molar-refractivity contribution in [3.63, 3.8) is 0 Å². The number of methoxy groups -OCH3 is 1. The quantitative estimate of drug-likeness (QED) is 0.391. The van der Waals surface area contributed by atoms with Crippen molar-refractivity contribution in [2.75, 3.05) is 25.2 Å². The van der Waals surface area contributed by atoms with Gasteiger partial charge < -0.3 is 14.2 Å². The van der Waals surface area contributed by atoms with Crippen LogP contribution in [0.4, 0.5) is 10.5 Å². The lowest BCUT2D eigenvalue weighted by molar-refractivity contribution is -0.122. The van der Waals surface area contributed by atoms with E-state index in [-0.39, 0.29) is 28.6 Å². The first-order chi connectivity index (χ1) is 15.4. The topological polar surface area (TPSA) is 94.2 Å². The molecule has 0 aromatic heterocycles. The summed E-state index contributed by atoms with van der Waals surface area (Å²) in [6.45, 7) is 2.09. The summed E-state index contributed by atoms with van der Waals surface area (Å²) >= 11 is 6.31. The maximum Gasteiger partial charge on any atom is 0.335 e. The molecule has 1 fully saturated rings. The van der Waals surface area contributed by atoms with Crippen molar-refractivity contribution in [3.05, 3.63) is 52.6 Å². The van der Waals surface area contributed by atoms with Gasteiger partial charge in [-0.05, 0) is 55.0 Å². The molecule has 1 saturated heterocycles. The average Bonchev–Trinajstić information content (AvgIpc) is 2.76. The first-order valence-electron chi connectivity index (χ1n) is 9.47. The summed E-state index contributed by atoms with van der Waals surface area (Å²) in [5.74, 6) is 1.84. The van der Waals surface area contributed by atoms with Crippen LogP contribution in [0.5, 0.6) is 17.2 Å². The van der Waals surface area contributed by atoms with E-state index in [2.05, 4.69) is 11.2 Å². The number of nitrogens with zero attached hydrogens (tertiary/aromatic N) is 1. The molecule has 32 heavy (non-hydrogen) atoms.